The van der Waals surface area contributed by atoms with Crippen LogP contribution in [-0.4, -0.2) is 23.2 Å². The number of halogens is 1. The Morgan fingerprint density at radius 1 is 1.64 bits per heavy atom. The van der Waals surface area contributed by atoms with Gasteiger partial charge in [0.2, 0.25) is 0 Å². The molecule has 0 aliphatic heterocycles. The molecule has 0 fully saturated rings. The number of nitrogens with one attached hydrogen (secondary N) is 1. The van der Waals surface area contributed by atoms with Crippen molar-refractivity contribution in [3.8, 4) is 0 Å². The van der Waals surface area contributed by atoms with E-state index in [0.717, 1.165) is 18.5 Å². The second-order valence-electron chi connectivity index (χ2n) is 3.14. The molecule has 14 heavy (non-hydrogen) atoms. The Hall–Kier alpha value is -0.640. The van der Waals surface area contributed by atoms with Crippen molar-refractivity contribution < 1.29 is 5.11 Å². The van der Waals surface area contributed by atoms with Gasteiger partial charge in [-0.3, -0.25) is 0 Å². The van der Waals surface area contributed by atoms with Gasteiger partial charge < -0.3 is 10.4 Å². The van der Waals surface area contributed by atoms with E-state index in [1.165, 1.54) is 0 Å². The van der Waals surface area contributed by atoms with Crippen LogP contribution in [-0.2, 0) is 0 Å². The first kappa shape index (κ1) is 11.4. The topological polar surface area (TPSA) is 45.1 Å². The van der Waals surface area contributed by atoms with Crippen molar-refractivity contribution in [3.63, 3.8) is 0 Å². The van der Waals surface area contributed by atoms with E-state index in [1.807, 2.05) is 19.1 Å². The molecule has 0 aliphatic carbocycles. The molecule has 3 nitrogen and oxygen atoms in total. The lowest BCUT2D eigenvalue weighted by atomic mass is 10.1. The Labute approximate surface area is 89.1 Å². The Morgan fingerprint density at radius 3 is 3.07 bits per heavy atom. The van der Waals surface area contributed by atoms with Crippen molar-refractivity contribution in [2.75, 3.05) is 13.2 Å². The SMILES string of the molecule is CC(NCCCO)c1cccnc1Cl. The molecule has 1 unspecified atom stereocenters. The number of hydrogen-bond donors (Lipinski definition) is 2. The van der Waals surface area contributed by atoms with E-state index >= 15 is 0 Å². The number of pyridine rings is 1. The molecule has 0 spiro atoms. The molecule has 1 atom stereocenters. The summed E-state index contributed by atoms with van der Waals surface area (Å²) in [5.41, 5.74) is 0.993. The van der Waals surface area contributed by atoms with E-state index in [0.29, 0.717) is 5.15 Å². The minimum Gasteiger partial charge on any atom is -0.396 e. The highest BCUT2D eigenvalue weighted by atomic mass is 35.5. The van der Waals surface area contributed by atoms with Gasteiger partial charge in [0.25, 0.3) is 0 Å². The summed E-state index contributed by atoms with van der Waals surface area (Å²) in [5, 5.41) is 12.4. The maximum atomic E-state index is 8.63. The Bertz CT molecular complexity index is 281. The molecule has 0 bridgehead atoms. The quantitative estimate of drug-likeness (QED) is 0.580. The minimum atomic E-state index is 0.169. The lowest BCUT2D eigenvalue weighted by molar-refractivity contribution is 0.284. The summed E-state index contributed by atoms with van der Waals surface area (Å²) in [5.74, 6) is 0. The number of hydrogen-bond acceptors (Lipinski definition) is 3. The van der Waals surface area contributed by atoms with Crippen LogP contribution in [0.2, 0.25) is 5.15 Å². The molecule has 0 saturated heterocycles. The fourth-order valence-corrected chi connectivity index (χ4v) is 1.51. The molecule has 2 N–H and O–H groups in total. The normalized spacial score (nSPS) is 12.8. The van der Waals surface area contributed by atoms with E-state index in [9.17, 15) is 0 Å². The second-order valence-corrected chi connectivity index (χ2v) is 3.49. The van der Waals surface area contributed by atoms with Crippen LogP contribution < -0.4 is 5.32 Å². The Balaban J connectivity index is 2.51. The minimum absolute atomic E-state index is 0.169. The van der Waals surface area contributed by atoms with Gasteiger partial charge in [-0.15, -0.1) is 0 Å². The third kappa shape index (κ3) is 3.25. The molecule has 4 heteroatoms. The first-order valence-corrected chi connectivity index (χ1v) is 5.08. The summed E-state index contributed by atoms with van der Waals surface area (Å²) < 4.78 is 0. The third-order valence-electron chi connectivity index (χ3n) is 2.04. The van der Waals surface area contributed by atoms with Crippen molar-refractivity contribution in [2.45, 2.75) is 19.4 Å². The molecule has 0 saturated carbocycles. The lowest BCUT2D eigenvalue weighted by Crippen LogP contribution is -2.21. The van der Waals surface area contributed by atoms with Gasteiger partial charge in [-0.05, 0) is 26.0 Å². The van der Waals surface area contributed by atoms with E-state index in [1.54, 1.807) is 6.20 Å². The smallest absolute Gasteiger partial charge is 0.133 e. The average molecular weight is 215 g/mol. The molecule has 1 aromatic heterocycles. The predicted molar refractivity (Wildman–Crippen MR) is 57.4 cm³/mol. The van der Waals surface area contributed by atoms with Crippen LogP contribution in [0.25, 0.3) is 0 Å². The van der Waals surface area contributed by atoms with Crippen molar-refractivity contribution >= 4 is 11.6 Å². The maximum absolute atomic E-state index is 8.63. The molecule has 78 valence electrons. The Kier molecular flexibility index (Phi) is 4.87. The van der Waals surface area contributed by atoms with E-state index in [-0.39, 0.29) is 12.6 Å². The molecule has 0 amide bonds. The van der Waals surface area contributed by atoms with E-state index in [2.05, 4.69) is 10.3 Å². The largest absolute Gasteiger partial charge is 0.396 e. The molecule has 0 radical (unpaired) electrons. The summed E-state index contributed by atoms with van der Waals surface area (Å²) in [6, 6.07) is 3.99. The van der Waals surface area contributed by atoms with Crippen LogP contribution in [0.5, 0.6) is 0 Å². The van der Waals surface area contributed by atoms with E-state index in [4.69, 9.17) is 16.7 Å². The first-order chi connectivity index (χ1) is 6.75. The molecule has 1 heterocycles. The maximum Gasteiger partial charge on any atom is 0.133 e. The zero-order valence-corrected chi connectivity index (χ0v) is 8.96. The average Bonchev–Trinajstić information content (AvgIpc) is 2.18. The highest BCUT2D eigenvalue weighted by Crippen LogP contribution is 2.19. The van der Waals surface area contributed by atoms with Crippen LogP contribution in [0, 0.1) is 0 Å². The fraction of sp³-hybridized carbons (Fsp3) is 0.500. The van der Waals surface area contributed by atoms with Crippen LogP contribution in [0.1, 0.15) is 24.9 Å². The number of aliphatic hydroxyl groups excluding tert-OH is 1. The summed E-state index contributed by atoms with van der Waals surface area (Å²) in [7, 11) is 0. The number of aromatic nitrogens is 1. The molecule has 1 aromatic rings. The standard InChI is InChI=1S/C10H15ClN2O/c1-8(12-6-3-7-14)9-4-2-5-13-10(9)11/h2,4-5,8,12,14H,3,6-7H2,1H3. The molecule has 1 rings (SSSR count). The molecular weight excluding hydrogens is 200 g/mol. The van der Waals surface area contributed by atoms with E-state index < -0.39 is 0 Å². The van der Waals surface area contributed by atoms with Gasteiger partial charge in [0, 0.05) is 24.4 Å². The van der Waals surface area contributed by atoms with Gasteiger partial charge >= 0.3 is 0 Å². The fourth-order valence-electron chi connectivity index (χ4n) is 1.23. The summed E-state index contributed by atoms with van der Waals surface area (Å²) in [6.07, 6.45) is 2.43. The van der Waals surface area contributed by atoms with Gasteiger partial charge in [-0.2, -0.15) is 0 Å². The van der Waals surface area contributed by atoms with Gasteiger partial charge in [0.1, 0.15) is 5.15 Å². The van der Waals surface area contributed by atoms with Crippen LogP contribution >= 0.6 is 11.6 Å². The summed E-state index contributed by atoms with van der Waals surface area (Å²) in [6.45, 7) is 3.02. The molecule has 0 aliphatic rings. The van der Waals surface area contributed by atoms with Crippen LogP contribution in [0.3, 0.4) is 0 Å². The monoisotopic (exact) mass is 214 g/mol. The molecule has 0 aromatic carbocycles. The van der Waals surface area contributed by atoms with Gasteiger partial charge in [-0.1, -0.05) is 17.7 Å². The van der Waals surface area contributed by atoms with Gasteiger partial charge in [0.15, 0.2) is 0 Å². The highest BCUT2D eigenvalue weighted by Gasteiger charge is 2.08. The predicted octanol–water partition coefficient (Wildman–Crippen LogP) is 1.77. The van der Waals surface area contributed by atoms with Gasteiger partial charge in [-0.25, -0.2) is 4.98 Å². The second kappa shape index (κ2) is 5.96. The number of rotatable bonds is 5. The summed E-state index contributed by atoms with van der Waals surface area (Å²) in [4.78, 5) is 4.00. The van der Waals surface area contributed by atoms with Crippen molar-refractivity contribution in [2.24, 2.45) is 0 Å². The molecular formula is C10H15ClN2O. The number of nitrogens with zero attached hydrogens (tertiary/aromatic N) is 1. The summed E-state index contributed by atoms with van der Waals surface area (Å²) >= 11 is 5.93. The van der Waals surface area contributed by atoms with Crippen LogP contribution in [0.15, 0.2) is 18.3 Å². The van der Waals surface area contributed by atoms with Gasteiger partial charge in [0.05, 0.1) is 0 Å². The lowest BCUT2D eigenvalue weighted by Gasteiger charge is -2.14. The first-order valence-electron chi connectivity index (χ1n) is 4.70. The zero-order chi connectivity index (χ0) is 10.4. The highest BCUT2D eigenvalue weighted by molar-refractivity contribution is 6.30. The van der Waals surface area contributed by atoms with Crippen molar-refractivity contribution in [1.29, 1.82) is 0 Å². The zero-order valence-electron chi connectivity index (χ0n) is 8.20. The van der Waals surface area contributed by atoms with Crippen LogP contribution in [0.4, 0.5) is 0 Å². The third-order valence-corrected chi connectivity index (χ3v) is 2.36. The number of aliphatic hydroxyl groups is 1. The van der Waals surface area contributed by atoms with Crippen molar-refractivity contribution in [1.82, 2.24) is 10.3 Å². The van der Waals surface area contributed by atoms with Crippen molar-refractivity contribution in [3.05, 3.63) is 29.0 Å². The Morgan fingerprint density at radius 2 is 2.43 bits per heavy atom.